The van der Waals surface area contributed by atoms with Crippen molar-refractivity contribution in [3.8, 4) is 16.9 Å². The van der Waals surface area contributed by atoms with Crippen LogP contribution in [0.2, 0.25) is 10.0 Å². The first-order valence-electron chi connectivity index (χ1n) is 11.2. The number of halogens is 3. The fourth-order valence-corrected chi connectivity index (χ4v) is 4.94. The van der Waals surface area contributed by atoms with Crippen LogP contribution in [0.1, 0.15) is 18.6 Å². The summed E-state index contributed by atoms with van der Waals surface area (Å²) in [6.45, 7) is 5.51. The third kappa shape index (κ3) is 4.49. The minimum absolute atomic E-state index is 0.0999. The summed E-state index contributed by atoms with van der Waals surface area (Å²) in [6, 6.07) is 6.62. The van der Waals surface area contributed by atoms with Crippen molar-refractivity contribution in [3.05, 3.63) is 64.3 Å². The number of nitrogen functional groups attached to an aromatic ring is 1. The molecule has 182 valence electrons. The van der Waals surface area contributed by atoms with E-state index in [0.29, 0.717) is 11.1 Å². The van der Waals surface area contributed by atoms with Crippen LogP contribution in [-0.2, 0) is 0 Å². The van der Waals surface area contributed by atoms with Crippen molar-refractivity contribution in [1.82, 2.24) is 14.9 Å². The molecule has 0 saturated carbocycles. The number of nitrogens with two attached hydrogens (primary N) is 1. The number of likely N-dealkylation sites (N-methyl/N-ethyl adjacent to an activating group) is 1. The molecule has 0 spiro atoms. The number of piperazine rings is 1. The topological polar surface area (TPSA) is 80.6 Å². The van der Waals surface area contributed by atoms with Crippen LogP contribution in [0.25, 0.3) is 22.1 Å². The van der Waals surface area contributed by atoms with E-state index in [1.807, 2.05) is 12.1 Å². The molecule has 1 fully saturated rings. The van der Waals surface area contributed by atoms with Gasteiger partial charge in [-0.25, -0.2) is 14.4 Å². The SMILES string of the molecule is C[C@@H](Oc1c(N)ncc2c(-c3ccnc(N4CCN(C)CC4)c3)coc12)c1c(Cl)ccc(F)c1Cl. The Morgan fingerprint density at radius 2 is 1.91 bits per heavy atom. The summed E-state index contributed by atoms with van der Waals surface area (Å²) in [7, 11) is 2.12. The zero-order valence-corrected chi connectivity index (χ0v) is 20.8. The number of aromatic nitrogens is 2. The summed E-state index contributed by atoms with van der Waals surface area (Å²) in [5.41, 5.74) is 8.67. The van der Waals surface area contributed by atoms with Crippen molar-refractivity contribution in [2.75, 3.05) is 43.9 Å². The van der Waals surface area contributed by atoms with Crippen LogP contribution in [0.4, 0.5) is 16.0 Å². The molecule has 0 aliphatic carbocycles. The van der Waals surface area contributed by atoms with Gasteiger partial charge in [-0.05, 0) is 43.8 Å². The third-order valence-electron chi connectivity index (χ3n) is 6.27. The third-order valence-corrected chi connectivity index (χ3v) is 6.98. The monoisotopic (exact) mass is 515 g/mol. The molecule has 1 aliphatic heterocycles. The minimum atomic E-state index is -0.710. The van der Waals surface area contributed by atoms with E-state index in [4.69, 9.17) is 38.1 Å². The highest BCUT2D eigenvalue weighted by Gasteiger charge is 2.24. The average Bonchev–Trinajstić information content (AvgIpc) is 3.28. The van der Waals surface area contributed by atoms with Crippen molar-refractivity contribution in [2.45, 2.75) is 13.0 Å². The highest BCUT2D eigenvalue weighted by Crippen LogP contribution is 2.41. The molecule has 5 rings (SSSR count). The number of rotatable bonds is 5. The molecule has 35 heavy (non-hydrogen) atoms. The molecule has 2 N–H and O–H groups in total. The Balaban J connectivity index is 1.49. The molecule has 0 unspecified atom stereocenters. The number of benzene rings is 1. The van der Waals surface area contributed by atoms with Crippen molar-refractivity contribution in [1.29, 1.82) is 0 Å². The molecule has 0 radical (unpaired) electrons. The maximum absolute atomic E-state index is 14.1. The molecule has 7 nitrogen and oxygen atoms in total. The fourth-order valence-electron chi connectivity index (χ4n) is 4.26. The van der Waals surface area contributed by atoms with E-state index in [2.05, 4.69) is 26.8 Å². The summed E-state index contributed by atoms with van der Waals surface area (Å²) >= 11 is 12.4. The summed E-state index contributed by atoms with van der Waals surface area (Å²) < 4.78 is 26.1. The van der Waals surface area contributed by atoms with Gasteiger partial charge in [-0.3, -0.25) is 0 Å². The smallest absolute Gasteiger partial charge is 0.205 e. The maximum Gasteiger partial charge on any atom is 0.205 e. The molecular weight excluding hydrogens is 492 g/mol. The lowest BCUT2D eigenvalue weighted by Gasteiger charge is -2.33. The van der Waals surface area contributed by atoms with E-state index in [-0.39, 0.29) is 21.6 Å². The molecule has 1 aromatic carbocycles. The predicted molar refractivity (Wildman–Crippen MR) is 137 cm³/mol. The van der Waals surface area contributed by atoms with Gasteiger partial charge in [0.1, 0.15) is 17.7 Å². The molecule has 10 heteroatoms. The molecule has 0 amide bonds. The number of nitrogens with zero attached hydrogens (tertiary/aromatic N) is 4. The Morgan fingerprint density at radius 3 is 2.69 bits per heavy atom. The van der Waals surface area contributed by atoms with Gasteiger partial charge in [-0.2, -0.15) is 0 Å². The molecule has 1 atom stereocenters. The standard InChI is InChI=1S/C25H24Cl2FN5O2/c1-14(21-18(26)3-4-19(28)22(21)27)35-24-23-16(12-31-25(24)29)17(13-34-23)15-5-6-30-20(11-15)33-9-7-32(2)8-10-33/h3-6,11-14H,7-10H2,1-2H3,(H2,29,31)/t14-/m1/s1. The number of furan rings is 1. The zero-order chi connectivity index (χ0) is 24.7. The second-order valence-corrected chi connectivity index (χ2v) is 9.36. The second kappa shape index (κ2) is 9.53. The van der Waals surface area contributed by atoms with E-state index in [1.54, 1.807) is 25.6 Å². The maximum atomic E-state index is 14.1. The number of pyridine rings is 2. The van der Waals surface area contributed by atoms with Gasteiger partial charge < -0.3 is 24.7 Å². The Kier molecular flexibility index (Phi) is 6.44. The molecule has 1 saturated heterocycles. The van der Waals surface area contributed by atoms with Crippen LogP contribution < -0.4 is 15.4 Å². The van der Waals surface area contributed by atoms with Crippen LogP contribution in [-0.4, -0.2) is 48.1 Å². The van der Waals surface area contributed by atoms with Crippen LogP contribution in [0.15, 0.2) is 47.3 Å². The van der Waals surface area contributed by atoms with Gasteiger partial charge in [0.2, 0.25) is 5.75 Å². The Morgan fingerprint density at radius 1 is 1.14 bits per heavy atom. The van der Waals surface area contributed by atoms with Gasteiger partial charge in [0.05, 0.1) is 16.7 Å². The largest absolute Gasteiger partial charge is 0.478 e. The first-order chi connectivity index (χ1) is 16.8. The summed E-state index contributed by atoms with van der Waals surface area (Å²) in [4.78, 5) is 13.5. The summed E-state index contributed by atoms with van der Waals surface area (Å²) in [6.07, 6.45) is 4.38. The lowest BCUT2D eigenvalue weighted by molar-refractivity contribution is 0.227. The second-order valence-electron chi connectivity index (χ2n) is 8.57. The molecule has 4 heterocycles. The van der Waals surface area contributed by atoms with Crippen LogP contribution in [0.5, 0.6) is 5.75 Å². The normalized spacial score (nSPS) is 15.5. The fraction of sp³-hybridized carbons (Fsp3) is 0.280. The number of ether oxygens (including phenoxy) is 1. The van der Waals surface area contributed by atoms with E-state index >= 15 is 0 Å². The Bertz CT molecular complexity index is 1390. The van der Waals surface area contributed by atoms with Gasteiger partial charge in [-0.1, -0.05) is 23.2 Å². The van der Waals surface area contributed by atoms with Crippen molar-refractivity contribution < 1.29 is 13.5 Å². The molecule has 4 aromatic rings. The number of hydrogen-bond donors (Lipinski definition) is 1. The van der Waals surface area contributed by atoms with Crippen molar-refractivity contribution in [3.63, 3.8) is 0 Å². The Hall–Kier alpha value is -3.07. The van der Waals surface area contributed by atoms with Crippen molar-refractivity contribution in [2.24, 2.45) is 0 Å². The van der Waals surface area contributed by atoms with Crippen LogP contribution in [0.3, 0.4) is 0 Å². The lowest BCUT2D eigenvalue weighted by Crippen LogP contribution is -2.44. The zero-order valence-electron chi connectivity index (χ0n) is 19.3. The van der Waals surface area contributed by atoms with E-state index in [9.17, 15) is 4.39 Å². The van der Waals surface area contributed by atoms with Gasteiger partial charge in [0.25, 0.3) is 0 Å². The number of hydrogen-bond acceptors (Lipinski definition) is 7. The van der Waals surface area contributed by atoms with Crippen LogP contribution in [0, 0.1) is 5.82 Å². The average molecular weight is 516 g/mol. The quantitative estimate of drug-likeness (QED) is 0.336. The van der Waals surface area contributed by atoms with E-state index < -0.39 is 11.9 Å². The van der Waals surface area contributed by atoms with Gasteiger partial charge in [0, 0.05) is 54.7 Å². The van der Waals surface area contributed by atoms with Gasteiger partial charge in [0.15, 0.2) is 11.4 Å². The lowest BCUT2D eigenvalue weighted by atomic mass is 10.1. The van der Waals surface area contributed by atoms with E-state index in [0.717, 1.165) is 48.5 Å². The number of anilines is 2. The Labute approximate surface area is 212 Å². The van der Waals surface area contributed by atoms with Gasteiger partial charge >= 0.3 is 0 Å². The highest BCUT2D eigenvalue weighted by molar-refractivity contribution is 6.36. The first-order valence-corrected chi connectivity index (χ1v) is 11.9. The molecular formula is C25H24Cl2FN5O2. The molecule has 0 bridgehead atoms. The van der Waals surface area contributed by atoms with Crippen LogP contribution >= 0.6 is 23.2 Å². The summed E-state index contributed by atoms with van der Waals surface area (Å²) in [5, 5.41) is 0.918. The minimum Gasteiger partial charge on any atom is -0.478 e. The molecule has 3 aromatic heterocycles. The van der Waals surface area contributed by atoms with Crippen molar-refractivity contribution >= 4 is 45.8 Å². The molecule has 1 aliphatic rings. The highest BCUT2D eigenvalue weighted by atomic mass is 35.5. The predicted octanol–water partition coefficient (Wildman–Crippen LogP) is 5.81. The van der Waals surface area contributed by atoms with E-state index in [1.165, 1.54) is 12.1 Å². The first kappa shape index (κ1) is 23.7. The number of fused-ring (bicyclic) bond motifs is 1. The summed E-state index contributed by atoms with van der Waals surface area (Å²) in [5.74, 6) is 0.710. The van der Waals surface area contributed by atoms with Gasteiger partial charge in [-0.15, -0.1) is 0 Å².